The normalized spacial score (nSPS) is 35.1. The molecule has 4 aliphatic heterocycles. The number of fused-ring (bicyclic) bond motifs is 4. The second kappa shape index (κ2) is 11.4. The fourth-order valence-corrected chi connectivity index (χ4v) is 6.79. The summed E-state index contributed by atoms with van der Waals surface area (Å²) in [7, 11) is 0. The third kappa shape index (κ3) is 6.11. The lowest BCUT2D eigenvalue weighted by atomic mass is 10.1. The van der Waals surface area contributed by atoms with Crippen molar-refractivity contribution in [2.24, 2.45) is 0 Å². The van der Waals surface area contributed by atoms with Crippen LogP contribution in [0.4, 0.5) is 0 Å². The van der Waals surface area contributed by atoms with E-state index in [1.165, 1.54) is 13.0 Å². The van der Waals surface area contributed by atoms with Crippen LogP contribution in [-0.2, 0) is 25.6 Å². The summed E-state index contributed by atoms with van der Waals surface area (Å²) in [4.78, 5) is 18.2. The number of benzene rings is 2. The first kappa shape index (κ1) is 25.9. The number of rotatable bonds is 7. The number of esters is 1. The minimum absolute atomic E-state index is 0.0798. The zero-order valence-electron chi connectivity index (χ0n) is 22.5. The van der Waals surface area contributed by atoms with Gasteiger partial charge in [0.1, 0.15) is 26.5 Å². The van der Waals surface area contributed by atoms with Crippen molar-refractivity contribution in [2.45, 2.75) is 32.0 Å². The SMILES string of the molecule is O=C(C[N+]12CCCN(CC[N+]3(CC4OC(c5ccccc5)O4)CCCN(CC1)C3)C2)OCc1ccccc1. The van der Waals surface area contributed by atoms with Gasteiger partial charge in [0.15, 0.2) is 12.8 Å². The van der Waals surface area contributed by atoms with E-state index in [-0.39, 0.29) is 18.5 Å². The second-order valence-corrected chi connectivity index (χ2v) is 11.7. The first-order valence-electron chi connectivity index (χ1n) is 14.3. The standard InChI is InChI=1S/C30H42N4O4/c35-28(36-23-26-9-3-1-4-10-26)21-33-17-7-13-31(24-33)16-20-34(18-8-14-32(25-34)15-19-33)22-29-37-30(38-29)27-11-5-2-6-12-27/h1-6,9-12,29-30H,7-8,13-25H2/q+2. The minimum Gasteiger partial charge on any atom is -0.457 e. The van der Waals surface area contributed by atoms with Gasteiger partial charge in [-0.1, -0.05) is 60.7 Å². The molecule has 204 valence electrons. The van der Waals surface area contributed by atoms with Crippen molar-refractivity contribution < 1.29 is 28.0 Å². The monoisotopic (exact) mass is 522 g/mol. The number of nitrogens with zero attached hydrogens (tertiary/aromatic N) is 4. The largest absolute Gasteiger partial charge is 0.457 e. The molecule has 4 saturated heterocycles. The molecule has 4 aliphatic rings. The molecule has 0 spiro atoms. The van der Waals surface area contributed by atoms with E-state index in [0.717, 1.165) is 92.2 Å². The van der Waals surface area contributed by atoms with Gasteiger partial charge < -0.3 is 23.2 Å². The molecule has 0 aliphatic carbocycles. The molecule has 4 fully saturated rings. The molecule has 4 atom stereocenters. The van der Waals surface area contributed by atoms with Crippen LogP contribution in [0.15, 0.2) is 60.7 Å². The van der Waals surface area contributed by atoms with E-state index >= 15 is 0 Å². The van der Waals surface area contributed by atoms with Crippen LogP contribution >= 0.6 is 0 Å². The van der Waals surface area contributed by atoms with Crippen molar-refractivity contribution in [3.05, 3.63) is 71.8 Å². The molecule has 4 unspecified atom stereocenters. The zero-order chi connectivity index (χ0) is 25.8. The Labute approximate surface area is 226 Å². The van der Waals surface area contributed by atoms with Gasteiger partial charge in [-0.15, -0.1) is 0 Å². The van der Waals surface area contributed by atoms with Crippen molar-refractivity contribution >= 4 is 5.97 Å². The molecule has 38 heavy (non-hydrogen) atoms. The van der Waals surface area contributed by atoms with Crippen LogP contribution in [0, 0.1) is 0 Å². The van der Waals surface area contributed by atoms with Crippen molar-refractivity contribution in [1.82, 2.24) is 9.80 Å². The number of quaternary nitrogens is 2. The second-order valence-electron chi connectivity index (χ2n) is 11.7. The molecular weight excluding hydrogens is 480 g/mol. The summed E-state index contributed by atoms with van der Waals surface area (Å²) in [6, 6.07) is 20.2. The maximum atomic E-state index is 13.0. The van der Waals surface area contributed by atoms with Gasteiger partial charge in [-0.25, -0.2) is 4.79 Å². The van der Waals surface area contributed by atoms with Gasteiger partial charge in [0.25, 0.3) is 0 Å². The van der Waals surface area contributed by atoms with Gasteiger partial charge in [-0.3, -0.25) is 9.80 Å². The van der Waals surface area contributed by atoms with Crippen molar-refractivity contribution in [3.63, 3.8) is 0 Å². The van der Waals surface area contributed by atoms with E-state index in [4.69, 9.17) is 14.2 Å². The van der Waals surface area contributed by atoms with E-state index in [0.29, 0.717) is 13.2 Å². The van der Waals surface area contributed by atoms with Crippen LogP contribution in [0.3, 0.4) is 0 Å². The predicted octanol–water partition coefficient (Wildman–Crippen LogP) is 2.78. The summed E-state index contributed by atoms with van der Waals surface area (Å²) in [6.45, 7) is 12.3. The molecule has 0 amide bonds. The summed E-state index contributed by atoms with van der Waals surface area (Å²) < 4.78 is 20.0. The lowest BCUT2D eigenvalue weighted by Gasteiger charge is -2.52. The van der Waals surface area contributed by atoms with Crippen LogP contribution in [0.2, 0.25) is 0 Å². The van der Waals surface area contributed by atoms with E-state index < -0.39 is 0 Å². The Bertz CT molecular complexity index is 1070. The van der Waals surface area contributed by atoms with E-state index in [1.807, 2.05) is 48.5 Å². The molecule has 4 heterocycles. The molecule has 8 nitrogen and oxygen atoms in total. The van der Waals surface area contributed by atoms with Crippen LogP contribution in [0.5, 0.6) is 0 Å². The topological polar surface area (TPSA) is 51.2 Å². The van der Waals surface area contributed by atoms with Crippen LogP contribution in [-0.4, -0.2) is 110 Å². The third-order valence-electron chi connectivity index (χ3n) is 8.86. The molecular formula is C30H42N4O4+2. The number of carbonyl (C=O) groups is 1. The summed E-state index contributed by atoms with van der Waals surface area (Å²) in [5.41, 5.74) is 2.13. The highest BCUT2D eigenvalue weighted by Gasteiger charge is 2.45. The number of carbonyl (C=O) groups excluding carboxylic acids is 1. The Morgan fingerprint density at radius 1 is 0.789 bits per heavy atom. The van der Waals surface area contributed by atoms with Gasteiger partial charge >= 0.3 is 5.97 Å². The van der Waals surface area contributed by atoms with Crippen molar-refractivity contribution in [1.29, 1.82) is 0 Å². The Kier molecular flexibility index (Phi) is 7.79. The van der Waals surface area contributed by atoms with Crippen LogP contribution in [0.1, 0.15) is 30.3 Å². The van der Waals surface area contributed by atoms with Crippen molar-refractivity contribution in [3.8, 4) is 0 Å². The Hall–Kier alpha value is -2.33. The Balaban J connectivity index is 1.08. The molecule has 6 rings (SSSR count). The highest BCUT2D eigenvalue weighted by atomic mass is 16.9. The van der Waals surface area contributed by atoms with Gasteiger partial charge in [-0.2, -0.15) is 0 Å². The average molecular weight is 523 g/mol. The summed E-state index contributed by atoms with van der Waals surface area (Å²) >= 11 is 0. The van der Waals surface area contributed by atoms with Crippen molar-refractivity contribution in [2.75, 3.05) is 78.8 Å². The molecule has 0 N–H and O–H groups in total. The first-order chi connectivity index (χ1) is 18.6. The predicted molar refractivity (Wildman–Crippen MR) is 143 cm³/mol. The molecule has 2 aromatic carbocycles. The first-order valence-corrected chi connectivity index (χ1v) is 14.3. The quantitative estimate of drug-likeness (QED) is 0.412. The lowest BCUT2D eigenvalue weighted by Crippen LogP contribution is -2.69. The maximum absolute atomic E-state index is 13.0. The highest BCUT2D eigenvalue weighted by Crippen LogP contribution is 2.34. The Morgan fingerprint density at radius 3 is 2.11 bits per heavy atom. The third-order valence-corrected chi connectivity index (χ3v) is 8.86. The average Bonchev–Trinajstić information content (AvgIpc) is 2.93. The van der Waals surface area contributed by atoms with Gasteiger partial charge in [0.2, 0.25) is 6.29 Å². The number of hydrogen-bond donors (Lipinski definition) is 0. The van der Waals surface area contributed by atoms with Crippen LogP contribution < -0.4 is 0 Å². The highest BCUT2D eigenvalue weighted by molar-refractivity contribution is 5.70. The molecule has 0 aromatic heterocycles. The van der Waals surface area contributed by atoms with Gasteiger partial charge in [0, 0.05) is 31.5 Å². The number of hydrogen-bond acceptors (Lipinski definition) is 6. The molecule has 0 radical (unpaired) electrons. The minimum atomic E-state index is -0.234. The van der Waals surface area contributed by atoms with Gasteiger partial charge in [-0.05, 0) is 5.56 Å². The fraction of sp³-hybridized carbons (Fsp3) is 0.567. The molecule has 8 heteroatoms. The number of ether oxygens (including phenoxy) is 3. The zero-order valence-corrected chi connectivity index (χ0v) is 22.5. The summed E-state index contributed by atoms with van der Waals surface area (Å²) in [6.07, 6.45) is 1.94. The summed E-state index contributed by atoms with van der Waals surface area (Å²) in [5.74, 6) is -0.0798. The van der Waals surface area contributed by atoms with E-state index in [9.17, 15) is 4.79 Å². The van der Waals surface area contributed by atoms with E-state index in [1.54, 1.807) is 0 Å². The molecule has 4 bridgehead atoms. The molecule has 2 aromatic rings. The smallest absolute Gasteiger partial charge is 0.362 e. The summed E-state index contributed by atoms with van der Waals surface area (Å²) in [5, 5.41) is 0. The molecule has 0 saturated carbocycles. The fourth-order valence-electron chi connectivity index (χ4n) is 6.79. The maximum Gasteiger partial charge on any atom is 0.362 e. The Morgan fingerprint density at radius 2 is 1.39 bits per heavy atom. The van der Waals surface area contributed by atoms with E-state index in [2.05, 4.69) is 21.9 Å². The van der Waals surface area contributed by atoms with Gasteiger partial charge in [0.05, 0.1) is 39.3 Å². The van der Waals surface area contributed by atoms with Crippen LogP contribution in [0.25, 0.3) is 0 Å². The lowest BCUT2D eigenvalue weighted by molar-refractivity contribution is -0.960.